The molecule has 0 saturated carbocycles. The number of hydrogen-bond donors (Lipinski definition) is 1. The maximum Gasteiger partial charge on any atom is 0.331 e. The fourth-order valence-corrected chi connectivity index (χ4v) is 3.25. The first-order valence-corrected chi connectivity index (χ1v) is 8.87. The van der Waals surface area contributed by atoms with Crippen molar-refractivity contribution in [1.29, 1.82) is 0 Å². The van der Waals surface area contributed by atoms with Gasteiger partial charge in [-0.05, 0) is 18.4 Å². The number of carbonyl (C=O) groups excluding carboxylic acids is 2. The molecule has 2 heterocycles. The van der Waals surface area contributed by atoms with Crippen LogP contribution in [0.15, 0.2) is 52.2 Å². The van der Waals surface area contributed by atoms with Crippen LogP contribution in [0.1, 0.15) is 18.4 Å². The summed E-state index contributed by atoms with van der Waals surface area (Å²) in [4.78, 5) is 50.1. The molecule has 0 aliphatic carbocycles. The smallest absolute Gasteiger partial charge is 0.331 e. The maximum absolute atomic E-state index is 12.6. The lowest BCUT2D eigenvalue weighted by Gasteiger charge is -2.30. The van der Waals surface area contributed by atoms with E-state index in [1.165, 1.54) is 16.8 Å². The molecule has 0 bridgehead atoms. The van der Waals surface area contributed by atoms with Gasteiger partial charge < -0.3 is 10.6 Å². The summed E-state index contributed by atoms with van der Waals surface area (Å²) in [5.41, 5.74) is 5.19. The van der Waals surface area contributed by atoms with Gasteiger partial charge in [-0.2, -0.15) is 0 Å². The molecule has 3 rings (SSSR count). The lowest BCUT2D eigenvalue weighted by atomic mass is 9.96. The van der Waals surface area contributed by atoms with Crippen LogP contribution in [-0.2, 0) is 22.7 Å². The van der Waals surface area contributed by atoms with Gasteiger partial charge in [0.2, 0.25) is 11.8 Å². The zero-order chi connectivity index (χ0) is 19.4. The summed E-state index contributed by atoms with van der Waals surface area (Å²) in [5, 5.41) is 0. The van der Waals surface area contributed by atoms with Crippen LogP contribution in [-0.4, -0.2) is 38.9 Å². The van der Waals surface area contributed by atoms with E-state index in [1.807, 2.05) is 30.3 Å². The van der Waals surface area contributed by atoms with E-state index >= 15 is 0 Å². The molecule has 1 fully saturated rings. The van der Waals surface area contributed by atoms with E-state index in [9.17, 15) is 19.2 Å². The van der Waals surface area contributed by atoms with Crippen molar-refractivity contribution in [2.24, 2.45) is 11.7 Å². The van der Waals surface area contributed by atoms with Gasteiger partial charge in [0.15, 0.2) is 0 Å². The number of nitrogens with zero attached hydrogens (tertiary/aromatic N) is 3. The highest BCUT2D eigenvalue weighted by Crippen LogP contribution is 2.16. The highest BCUT2D eigenvalue weighted by Gasteiger charge is 2.26. The number of benzene rings is 1. The van der Waals surface area contributed by atoms with Crippen molar-refractivity contribution < 1.29 is 9.59 Å². The molecule has 2 aromatic rings. The fraction of sp³-hybridized carbons (Fsp3) is 0.368. The van der Waals surface area contributed by atoms with Crippen LogP contribution >= 0.6 is 0 Å². The highest BCUT2D eigenvalue weighted by atomic mass is 16.2. The molecule has 0 radical (unpaired) electrons. The molecule has 0 atom stereocenters. The Hall–Kier alpha value is -3.16. The zero-order valence-electron chi connectivity index (χ0n) is 14.9. The molecule has 1 aliphatic heterocycles. The maximum atomic E-state index is 12.6. The quantitative estimate of drug-likeness (QED) is 0.785. The van der Waals surface area contributed by atoms with E-state index in [1.54, 1.807) is 4.90 Å². The monoisotopic (exact) mass is 370 g/mol. The Morgan fingerprint density at radius 3 is 2.33 bits per heavy atom. The first kappa shape index (κ1) is 18.6. The van der Waals surface area contributed by atoms with Crippen LogP contribution in [0.5, 0.6) is 0 Å². The average molecular weight is 370 g/mol. The van der Waals surface area contributed by atoms with Crippen molar-refractivity contribution in [2.75, 3.05) is 13.1 Å². The van der Waals surface area contributed by atoms with Gasteiger partial charge in [0.25, 0.3) is 5.56 Å². The van der Waals surface area contributed by atoms with Gasteiger partial charge in [-0.25, -0.2) is 4.79 Å². The minimum atomic E-state index is -0.522. The SMILES string of the molecule is NC(=O)C1CCN(C(=O)Cn2c(=O)ccn(Cc3ccccc3)c2=O)CC1. The molecule has 0 unspecified atom stereocenters. The van der Waals surface area contributed by atoms with E-state index in [4.69, 9.17) is 5.73 Å². The lowest BCUT2D eigenvalue weighted by Crippen LogP contribution is -2.47. The summed E-state index contributed by atoms with van der Waals surface area (Å²) >= 11 is 0. The summed E-state index contributed by atoms with van der Waals surface area (Å²) < 4.78 is 2.36. The second-order valence-electron chi connectivity index (χ2n) is 6.69. The van der Waals surface area contributed by atoms with Crippen LogP contribution in [0.25, 0.3) is 0 Å². The summed E-state index contributed by atoms with van der Waals surface area (Å²) in [7, 11) is 0. The van der Waals surface area contributed by atoms with E-state index in [0.717, 1.165) is 10.1 Å². The minimum Gasteiger partial charge on any atom is -0.369 e. The number of piperidine rings is 1. The number of amides is 2. The summed E-state index contributed by atoms with van der Waals surface area (Å²) in [6.07, 6.45) is 2.45. The average Bonchev–Trinajstić information content (AvgIpc) is 2.68. The van der Waals surface area contributed by atoms with Crippen molar-refractivity contribution in [3.63, 3.8) is 0 Å². The Labute approximate surface area is 155 Å². The molecule has 1 aromatic heterocycles. The Morgan fingerprint density at radius 2 is 1.70 bits per heavy atom. The molecular weight excluding hydrogens is 348 g/mol. The van der Waals surface area contributed by atoms with Crippen molar-refractivity contribution in [3.05, 3.63) is 69.0 Å². The largest absolute Gasteiger partial charge is 0.369 e. The van der Waals surface area contributed by atoms with Crippen molar-refractivity contribution >= 4 is 11.8 Å². The predicted octanol–water partition coefficient (Wildman–Crippen LogP) is -0.218. The Morgan fingerprint density at radius 1 is 1.04 bits per heavy atom. The molecule has 2 amide bonds. The molecule has 1 aliphatic rings. The molecule has 8 heteroatoms. The second kappa shape index (κ2) is 8.03. The van der Waals surface area contributed by atoms with Gasteiger partial charge in [0.05, 0.1) is 6.54 Å². The Bertz CT molecular complexity index is 940. The predicted molar refractivity (Wildman–Crippen MR) is 99.0 cm³/mol. The van der Waals surface area contributed by atoms with E-state index in [0.29, 0.717) is 32.5 Å². The number of likely N-dealkylation sites (tertiary alicyclic amines) is 1. The molecule has 0 spiro atoms. The summed E-state index contributed by atoms with van der Waals surface area (Å²) in [5.74, 6) is -0.892. The standard InChI is InChI=1S/C19H22N4O4/c20-18(26)15-6-9-21(10-7-15)17(25)13-23-16(24)8-11-22(19(23)27)12-14-4-2-1-3-5-14/h1-5,8,11,15H,6-7,9-10,12-13H2,(H2,20,26). The van der Waals surface area contributed by atoms with Gasteiger partial charge in [-0.15, -0.1) is 0 Å². The number of aromatic nitrogens is 2. The van der Waals surface area contributed by atoms with E-state index < -0.39 is 11.2 Å². The molecular formula is C19H22N4O4. The fourth-order valence-electron chi connectivity index (χ4n) is 3.25. The van der Waals surface area contributed by atoms with Crippen LogP contribution in [0, 0.1) is 5.92 Å². The third-order valence-electron chi connectivity index (χ3n) is 4.88. The van der Waals surface area contributed by atoms with Gasteiger partial charge in [-0.3, -0.25) is 23.5 Å². The molecule has 1 saturated heterocycles. The minimum absolute atomic E-state index is 0.225. The van der Waals surface area contributed by atoms with Gasteiger partial charge in [-0.1, -0.05) is 30.3 Å². The van der Waals surface area contributed by atoms with Crippen LogP contribution < -0.4 is 17.0 Å². The number of carbonyl (C=O) groups is 2. The lowest BCUT2D eigenvalue weighted by molar-refractivity contribution is -0.135. The first-order chi connectivity index (χ1) is 13.0. The van der Waals surface area contributed by atoms with E-state index in [-0.39, 0.29) is 24.3 Å². The normalized spacial score (nSPS) is 14.9. The molecule has 8 nitrogen and oxygen atoms in total. The van der Waals surface area contributed by atoms with Crippen molar-refractivity contribution in [3.8, 4) is 0 Å². The topological polar surface area (TPSA) is 107 Å². The number of nitrogens with two attached hydrogens (primary N) is 1. The van der Waals surface area contributed by atoms with Crippen LogP contribution in [0.4, 0.5) is 0 Å². The molecule has 2 N–H and O–H groups in total. The van der Waals surface area contributed by atoms with Crippen LogP contribution in [0.2, 0.25) is 0 Å². The summed E-state index contributed by atoms with van der Waals surface area (Å²) in [6, 6.07) is 10.7. The van der Waals surface area contributed by atoms with Gasteiger partial charge >= 0.3 is 5.69 Å². The van der Waals surface area contributed by atoms with Crippen molar-refractivity contribution in [1.82, 2.24) is 14.0 Å². The third-order valence-corrected chi connectivity index (χ3v) is 4.88. The summed E-state index contributed by atoms with van der Waals surface area (Å²) in [6.45, 7) is 0.797. The third kappa shape index (κ3) is 4.33. The van der Waals surface area contributed by atoms with Crippen molar-refractivity contribution in [2.45, 2.75) is 25.9 Å². The second-order valence-corrected chi connectivity index (χ2v) is 6.69. The number of primary amides is 1. The highest BCUT2D eigenvalue weighted by molar-refractivity contribution is 5.78. The van der Waals surface area contributed by atoms with Crippen LogP contribution in [0.3, 0.4) is 0 Å². The van der Waals surface area contributed by atoms with Gasteiger partial charge in [0, 0.05) is 31.3 Å². The Kier molecular flexibility index (Phi) is 5.54. The van der Waals surface area contributed by atoms with E-state index in [2.05, 4.69) is 0 Å². The molecule has 142 valence electrons. The Balaban J connectivity index is 1.74. The number of rotatable bonds is 5. The first-order valence-electron chi connectivity index (χ1n) is 8.87. The molecule has 27 heavy (non-hydrogen) atoms. The molecule has 1 aromatic carbocycles. The number of hydrogen-bond acceptors (Lipinski definition) is 4. The zero-order valence-corrected chi connectivity index (χ0v) is 14.9. The van der Waals surface area contributed by atoms with Gasteiger partial charge in [0.1, 0.15) is 6.54 Å².